The number of aromatic nitrogens is 3. The Balaban J connectivity index is 1.43. The van der Waals surface area contributed by atoms with Gasteiger partial charge in [-0.15, -0.1) is 10.2 Å². The Morgan fingerprint density at radius 2 is 1.68 bits per heavy atom. The van der Waals surface area contributed by atoms with Crippen LogP contribution in [0, 0.1) is 0 Å². The molecule has 1 aliphatic heterocycles. The van der Waals surface area contributed by atoms with E-state index in [-0.39, 0.29) is 12.7 Å². The maximum absolute atomic E-state index is 12.3. The highest BCUT2D eigenvalue weighted by Crippen LogP contribution is 2.21. The van der Waals surface area contributed by atoms with Gasteiger partial charge < -0.3 is 9.30 Å². The molecule has 0 radical (unpaired) electrons. The lowest BCUT2D eigenvalue weighted by atomic mass is 10.2. The third kappa shape index (κ3) is 3.24. The Hall–Kier alpha value is -3.15. The van der Waals surface area contributed by atoms with Crippen LogP contribution in [0.25, 0.3) is 11.4 Å². The molecule has 2 aromatic carbocycles. The number of carbonyl (C=O) groups excluding carboxylic acids is 1. The van der Waals surface area contributed by atoms with Gasteiger partial charge >= 0.3 is 6.09 Å². The molecule has 25 heavy (non-hydrogen) atoms. The predicted octanol–water partition coefficient (Wildman–Crippen LogP) is 3.10. The fourth-order valence-corrected chi connectivity index (χ4v) is 2.92. The summed E-state index contributed by atoms with van der Waals surface area (Å²) in [5, 5.41) is 8.54. The van der Waals surface area contributed by atoms with Gasteiger partial charge in [0.15, 0.2) is 11.6 Å². The molecule has 0 spiro atoms. The number of benzene rings is 2. The molecule has 1 aliphatic rings. The van der Waals surface area contributed by atoms with Crippen LogP contribution in [-0.4, -0.2) is 32.3 Å². The summed E-state index contributed by atoms with van der Waals surface area (Å²) in [6.45, 7) is 1.93. The molecule has 6 heteroatoms. The molecule has 0 bridgehead atoms. The van der Waals surface area contributed by atoms with Crippen molar-refractivity contribution < 1.29 is 9.53 Å². The van der Waals surface area contributed by atoms with Gasteiger partial charge in [0.05, 0.1) is 6.54 Å². The zero-order chi connectivity index (χ0) is 17.1. The molecule has 0 unspecified atom stereocenters. The number of rotatable bonds is 3. The van der Waals surface area contributed by atoms with Crippen LogP contribution < -0.4 is 0 Å². The van der Waals surface area contributed by atoms with Crippen molar-refractivity contribution in [2.45, 2.75) is 19.7 Å². The SMILES string of the molecule is O=C(OCc1ccccc1)N1CCn2c(nnc2-c2ccccc2)C1. The van der Waals surface area contributed by atoms with E-state index in [1.54, 1.807) is 4.90 Å². The lowest BCUT2D eigenvalue weighted by Crippen LogP contribution is -2.38. The third-order valence-electron chi connectivity index (χ3n) is 4.25. The van der Waals surface area contributed by atoms with E-state index in [1.807, 2.05) is 60.7 Å². The van der Waals surface area contributed by atoms with E-state index in [4.69, 9.17) is 4.74 Å². The monoisotopic (exact) mass is 334 g/mol. The van der Waals surface area contributed by atoms with E-state index in [0.717, 1.165) is 22.8 Å². The fourth-order valence-electron chi connectivity index (χ4n) is 2.92. The first-order valence-corrected chi connectivity index (χ1v) is 8.24. The normalized spacial score (nSPS) is 13.4. The van der Waals surface area contributed by atoms with Gasteiger partial charge in [0.2, 0.25) is 0 Å². The Kier molecular flexibility index (Phi) is 4.16. The van der Waals surface area contributed by atoms with E-state index in [0.29, 0.717) is 19.6 Å². The van der Waals surface area contributed by atoms with Crippen molar-refractivity contribution in [1.82, 2.24) is 19.7 Å². The van der Waals surface area contributed by atoms with Gasteiger partial charge in [-0.3, -0.25) is 4.90 Å². The summed E-state index contributed by atoms with van der Waals surface area (Å²) in [5.74, 6) is 1.62. The molecule has 0 atom stereocenters. The topological polar surface area (TPSA) is 60.2 Å². The van der Waals surface area contributed by atoms with Crippen molar-refractivity contribution in [3.63, 3.8) is 0 Å². The summed E-state index contributed by atoms with van der Waals surface area (Å²) < 4.78 is 7.47. The zero-order valence-corrected chi connectivity index (χ0v) is 13.7. The maximum atomic E-state index is 12.3. The smallest absolute Gasteiger partial charge is 0.410 e. The van der Waals surface area contributed by atoms with Gasteiger partial charge in [0, 0.05) is 18.7 Å². The third-order valence-corrected chi connectivity index (χ3v) is 4.25. The summed E-state index contributed by atoms with van der Waals surface area (Å²) in [7, 11) is 0. The molecule has 0 N–H and O–H groups in total. The molecule has 1 amide bonds. The quantitative estimate of drug-likeness (QED) is 0.738. The van der Waals surface area contributed by atoms with Gasteiger partial charge in [0.1, 0.15) is 6.61 Å². The summed E-state index contributed by atoms with van der Waals surface area (Å²) in [5.41, 5.74) is 2.00. The summed E-state index contributed by atoms with van der Waals surface area (Å²) in [4.78, 5) is 14.0. The Morgan fingerprint density at radius 3 is 2.44 bits per heavy atom. The van der Waals surface area contributed by atoms with Crippen LogP contribution in [0.4, 0.5) is 4.79 Å². The molecule has 6 nitrogen and oxygen atoms in total. The Morgan fingerprint density at radius 1 is 0.960 bits per heavy atom. The van der Waals surface area contributed by atoms with Crippen LogP contribution in [0.1, 0.15) is 11.4 Å². The number of nitrogens with zero attached hydrogens (tertiary/aromatic N) is 4. The highest BCUT2D eigenvalue weighted by molar-refractivity contribution is 5.68. The highest BCUT2D eigenvalue weighted by atomic mass is 16.6. The number of hydrogen-bond acceptors (Lipinski definition) is 4. The number of ether oxygens (including phenoxy) is 1. The average Bonchev–Trinajstić information content (AvgIpc) is 3.11. The minimum Gasteiger partial charge on any atom is -0.445 e. The summed E-state index contributed by atoms with van der Waals surface area (Å²) >= 11 is 0. The van der Waals surface area contributed by atoms with Crippen molar-refractivity contribution in [1.29, 1.82) is 0 Å². The standard InChI is InChI=1S/C19H18N4O2/c24-19(25-14-15-7-3-1-4-8-15)22-11-12-23-17(13-22)20-21-18(23)16-9-5-2-6-10-16/h1-10H,11-14H2. The second-order valence-electron chi connectivity index (χ2n) is 5.92. The molecule has 2 heterocycles. The molecule has 126 valence electrons. The van der Waals surface area contributed by atoms with Gasteiger partial charge in [0.25, 0.3) is 0 Å². The van der Waals surface area contributed by atoms with E-state index >= 15 is 0 Å². The minimum atomic E-state index is -0.320. The molecule has 0 aliphatic carbocycles. The largest absolute Gasteiger partial charge is 0.445 e. The van der Waals surface area contributed by atoms with Crippen LogP contribution in [0.5, 0.6) is 0 Å². The molecule has 0 fully saturated rings. The van der Waals surface area contributed by atoms with E-state index in [2.05, 4.69) is 14.8 Å². The summed E-state index contributed by atoms with van der Waals surface area (Å²) in [6, 6.07) is 19.6. The molecular weight excluding hydrogens is 316 g/mol. The van der Waals surface area contributed by atoms with Gasteiger partial charge in [-0.25, -0.2) is 4.79 Å². The van der Waals surface area contributed by atoms with Crippen molar-refractivity contribution in [2.24, 2.45) is 0 Å². The zero-order valence-electron chi connectivity index (χ0n) is 13.7. The van der Waals surface area contributed by atoms with E-state index < -0.39 is 0 Å². The van der Waals surface area contributed by atoms with Crippen molar-refractivity contribution in [3.8, 4) is 11.4 Å². The molecule has 4 rings (SSSR count). The van der Waals surface area contributed by atoms with Gasteiger partial charge in [-0.05, 0) is 5.56 Å². The van der Waals surface area contributed by atoms with Gasteiger partial charge in [-0.2, -0.15) is 0 Å². The van der Waals surface area contributed by atoms with Crippen molar-refractivity contribution in [2.75, 3.05) is 6.54 Å². The number of carbonyl (C=O) groups is 1. The van der Waals surface area contributed by atoms with E-state index in [9.17, 15) is 4.79 Å². The van der Waals surface area contributed by atoms with Crippen LogP contribution in [-0.2, 0) is 24.4 Å². The Labute approximate surface area is 145 Å². The minimum absolute atomic E-state index is 0.276. The number of fused-ring (bicyclic) bond motifs is 1. The van der Waals surface area contributed by atoms with Crippen LogP contribution in [0.15, 0.2) is 60.7 Å². The second-order valence-corrected chi connectivity index (χ2v) is 5.92. The van der Waals surface area contributed by atoms with Gasteiger partial charge in [-0.1, -0.05) is 60.7 Å². The number of amides is 1. The molecule has 0 saturated carbocycles. The van der Waals surface area contributed by atoms with Crippen molar-refractivity contribution in [3.05, 3.63) is 72.1 Å². The first kappa shape index (κ1) is 15.4. The van der Waals surface area contributed by atoms with E-state index in [1.165, 1.54) is 0 Å². The first-order valence-electron chi connectivity index (χ1n) is 8.24. The second kappa shape index (κ2) is 6.76. The Bertz CT molecular complexity index is 862. The molecule has 0 saturated heterocycles. The van der Waals surface area contributed by atoms with Crippen molar-refractivity contribution >= 4 is 6.09 Å². The predicted molar refractivity (Wildman–Crippen MR) is 92.5 cm³/mol. The average molecular weight is 334 g/mol. The van der Waals surface area contributed by atoms with Crippen LogP contribution in [0.2, 0.25) is 0 Å². The maximum Gasteiger partial charge on any atom is 0.410 e. The molecule has 3 aromatic rings. The lowest BCUT2D eigenvalue weighted by molar-refractivity contribution is 0.0862. The molecular formula is C19H18N4O2. The van der Waals surface area contributed by atoms with Crippen LogP contribution in [0.3, 0.4) is 0 Å². The molecule has 1 aromatic heterocycles. The lowest BCUT2D eigenvalue weighted by Gasteiger charge is -2.27. The fraction of sp³-hybridized carbons (Fsp3) is 0.211. The first-order chi connectivity index (χ1) is 12.3. The van der Waals surface area contributed by atoms with Crippen LogP contribution >= 0.6 is 0 Å². The summed E-state index contributed by atoms with van der Waals surface area (Å²) in [6.07, 6.45) is -0.320. The highest BCUT2D eigenvalue weighted by Gasteiger charge is 2.25. The number of hydrogen-bond donors (Lipinski definition) is 0.